The molecule has 43 valence electrons. The van der Waals surface area contributed by atoms with Crippen molar-refractivity contribution in [1.29, 1.82) is 0 Å². The summed E-state index contributed by atoms with van der Waals surface area (Å²) < 4.78 is 4.66. The Hall–Kier alpha value is 0.540. The van der Waals surface area contributed by atoms with E-state index in [0.717, 1.165) is 0 Å². The van der Waals surface area contributed by atoms with Crippen molar-refractivity contribution in [1.82, 2.24) is 0 Å². The monoisotopic (exact) mass is 141 g/mol. The minimum absolute atomic E-state index is 0.377. The van der Waals surface area contributed by atoms with Crippen LogP contribution in [0.3, 0.4) is 0 Å². The minimum atomic E-state index is 0.377. The van der Waals surface area contributed by atoms with E-state index in [1.54, 1.807) is 7.11 Å². The summed E-state index contributed by atoms with van der Waals surface area (Å²) in [7, 11) is 1.61. The van der Waals surface area contributed by atoms with E-state index in [-0.39, 0.29) is 0 Å². The first kappa shape index (κ1) is 7.54. The molecule has 0 aromatic carbocycles. The highest BCUT2D eigenvalue weighted by Gasteiger charge is 1.96. The van der Waals surface area contributed by atoms with E-state index in [4.69, 9.17) is 23.2 Å². The normalized spacial score (nSPS) is 10.3. The van der Waals surface area contributed by atoms with Crippen molar-refractivity contribution in [2.24, 2.45) is 0 Å². The van der Waals surface area contributed by atoms with Crippen LogP contribution in [0.5, 0.6) is 0 Å². The van der Waals surface area contributed by atoms with E-state index in [1.807, 2.05) is 0 Å². The molecule has 0 bridgehead atoms. The first-order chi connectivity index (χ1) is 3.27. The summed E-state index contributed by atoms with van der Waals surface area (Å²) in [4.78, 5) is 0.377. The van der Waals surface area contributed by atoms with Crippen LogP contribution >= 0.6 is 23.2 Å². The summed E-state index contributed by atoms with van der Waals surface area (Å²) in [5, 5.41) is 0. The number of hydrogen-bond donors (Lipinski definition) is 0. The average molecular weight is 142 g/mol. The Morgan fingerprint density at radius 1 is 1.57 bits per heavy atom. The van der Waals surface area contributed by atoms with E-state index >= 15 is 0 Å². The molecular formula is C4H7Cl2O. The van der Waals surface area contributed by atoms with Crippen LogP contribution in [0.15, 0.2) is 0 Å². The molecule has 0 saturated heterocycles. The molecule has 0 aliphatic rings. The van der Waals surface area contributed by atoms with Gasteiger partial charge >= 0.3 is 0 Å². The molecule has 0 N–H and O–H groups in total. The maximum atomic E-state index is 5.26. The Labute approximate surface area is 53.6 Å². The van der Waals surface area contributed by atoms with Crippen molar-refractivity contribution >= 4 is 23.2 Å². The molecule has 0 amide bonds. The van der Waals surface area contributed by atoms with Crippen molar-refractivity contribution in [3.8, 4) is 0 Å². The molecule has 0 heterocycles. The second-order valence-corrected chi connectivity index (χ2v) is 2.19. The number of halogens is 2. The first-order valence-electron chi connectivity index (χ1n) is 1.93. The summed E-state index contributed by atoms with van der Waals surface area (Å²) in [5.41, 5.74) is 0. The number of ether oxygens (including phenoxy) is 1. The minimum Gasteiger partial charge on any atom is -0.385 e. The van der Waals surface area contributed by atoms with E-state index in [0.29, 0.717) is 17.9 Å². The maximum Gasteiger partial charge on any atom is 0.153 e. The molecule has 0 saturated carbocycles. The number of methoxy groups -OCH3 is 1. The van der Waals surface area contributed by atoms with Crippen LogP contribution in [-0.4, -0.2) is 13.7 Å². The zero-order chi connectivity index (χ0) is 5.70. The molecule has 0 unspecified atom stereocenters. The topological polar surface area (TPSA) is 9.23 Å². The lowest BCUT2D eigenvalue weighted by Gasteiger charge is -1.94. The van der Waals surface area contributed by atoms with Gasteiger partial charge in [0.25, 0.3) is 0 Å². The van der Waals surface area contributed by atoms with Crippen molar-refractivity contribution in [3.63, 3.8) is 0 Å². The highest BCUT2D eigenvalue weighted by atomic mass is 35.5. The van der Waals surface area contributed by atoms with E-state index in [2.05, 4.69) is 4.74 Å². The zero-order valence-corrected chi connectivity index (χ0v) is 5.59. The maximum absolute atomic E-state index is 5.26. The molecule has 0 spiro atoms. The molecule has 0 aliphatic carbocycles. The number of hydrogen-bond acceptors (Lipinski definition) is 1. The summed E-state index contributed by atoms with van der Waals surface area (Å²) in [6.07, 6.45) is 0.625. The summed E-state index contributed by atoms with van der Waals surface area (Å²) in [5.74, 6) is 0. The van der Waals surface area contributed by atoms with E-state index in [1.165, 1.54) is 0 Å². The van der Waals surface area contributed by atoms with Crippen molar-refractivity contribution < 1.29 is 4.74 Å². The van der Waals surface area contributed by atoms with Gasteiger partial charge in [0.1, 0.15) is 0 Å². The van der Waals surface area contributed by atoms with Gasteiger partial charge in [0.2, 0.25) is 0 Å². The molecule has 0 aliphatic heterocycles. The molecule has 0 rings (SSSR count). The Morgan fingerprint density at radius 2 is 2.14 bits per heavy atom. The van der Waals surface area contributed by atoms with Gasteiger partial charge in [-0.2, -0.15) is 0 Å². The van der Waals surface area contributed by atoms with Gasteiger partial charge in [-0.15, -0.1) is 0 Å². The predicted octanol–water partition coefficient (Wildman–Crippen LogP) is 1.99. The third kappa shape index (κ3) is 6.54. The van der Waals surface area contributed by atoms with Gasteiger partial charge in [0.15, 0.2) is 4.84 Å². The van der Waals surface area contributed by atoms with Crippen LogP contribution in [0.4, 0.5) is 0 Å². The van der Waals surface area contributed by atoms with Crippen molar-refractivity contribution in [2.75, 3.05) is 13.7 Å². The highest BCUT2D eigenvalue weighted by molar-refractivity contribution is 6.52. The third-order valence-electron chi connectivity index (χ3n) is 0.495. The fourth-order valence-corrected chi connectivity index (χ4v) is 0.334. The zero-order valence-electron chi connectivity index (χ0n) is 4.08. The van der Waals surface area contributed by atoms with Crippen LogP contribution in [0.2, 0.25) is 0 Å². The van der Waals surface area contributed by atoms with Gasteiger partial charge in [-0.1, -0.05) is 23.2 Å². The highest BCUT2D eigenvalue weighted by Crippen LogP contribution is 2.15. The molecule has 3 heteroatoms. The standard InChI is InChI=1S/C4H7Cl2O/c1-7-3-2-4(5)6/h2-3H2,1H3. The van der Waals surface area contributed by atoms with Gasteiger partial charge in [-0.25, -0.2) is 0 Å². The first-order valence-corrected chi connectivity index (χ1v) is 2.68. The quantitative estimate of drug-likeness (QED) is 0.585. The lowest BCUT2D eigenvalue weighted by atomic mass is 10.5. The van der Waals surface area contributed by atoms with Crippen LogP contribution < -0.4 is 0 Å². The smallest absolute Gasteiger partial charge is 0.153 e. The molecular weight excluding hydrogens is 135 g/mol. The fourth-order valence-electron chi connectivity index (χ4n) is 0.179. The van der Waals surface area contributed by atoms with Gasteiger partial charge in [-0.3, -0.25) is 0 Å². The van der Waals surface area contributed by atoms with Gasteiger partial charge < -0.3 is 4.74 Å². The number of rotatable bonds is 3. The Bertz CT molecular complexity index is 38.7. The molecule has 0 aromatic rings. The molecule has 0 aromatic heterocycles. The van der Waals surface area contributed by atoms with Crippen LogP contribution in [0.25, 0.3) is 0 Å². The fraction of sp³-hybridized carbons (Fsp3) is 0.750. The second-order valence-electron chi connectivity index (χ2n) is 1.08. The Kier molecular flexibility index (Phi) is 5.05. The summed E-state index contributed by atoms with van der Waals surface area (Å²) in [6, 6.07) is 0. The molecule has 0 fully saturated rings. The van der Waals surface area contributed by atoms with Crippen molar-refractivity contribution in [2.45, 2.75) is 6.42 Å². The average Bonchev–Trinajstić information content (AvgIpc) is 1.61. The van der Waals surface area contributed by atoms with Gasteiger partial charge in [0, 0.05) is 20.1 Å². The molecule has 7 heavy (non-hydrogen) atoms. The van der Waals surface area contributed by atoms with Crippen LogP contribution in [0.1, 0.15) is 6.42 Å². The lowest BCUT2D eigenvalue weighted by molar-refractivity contribution is 0.202. The Balaban J connectivity index is 2.68. The SMILES string of the molecule is COCC[C](Cl)Cl. The molecule has 1 nitrogen and oxygen atoms in total. The second kappa shape index (κ2) is 4.69. The lowest BCUT2D eigenvalue weighted by Crippen LogP contribution is -1.88. The summed E-state index contributed by atoms with van der Waals surface area (Å²) in [6.45, 7) is 0.600. The Morgan fingerprint density at radius 3 is 2.29 bits per heavy atom. The largest absolute Gasteiger partial charge is 0.385 e. The van der Waals surface area contributed by atoms with E-state index in [9.17, 15) is 0 Å². The van der Waals surface area contributed by atoms with Crippen LogP contribution in [-0.2, 0) is 4.74 Å². The molecule has 1 radical (unpaired) electrons. The van der Waals surface area contributed by atoms with Crippen molar-refractivity contribution in [3.05, 3.63) is 4.84 Å². The van der Waals surface area contributed by atoms with Gasteiger partial charge in [0.05, 0.1) is 0 Å². The van der Waals surface area contributed by atoms with Gasteiger partial charge in [-0.05, 0) is 0 Å². The van der Waals surface area contributed by atoms with Crippen LogP contribution in [0, 0.1) is 4.84 Å². The predicted molar refractivity (Wildman–Crippen MR) is 31.4 cm³/mol. The van der Waals surface area contributed by atoms with E-state index < -0.39 is 0 Å². The molecule has 0 atom stereocenters. The third-order valence-corrected chi connectivity index (χ3v) is 0.873. The summed E-state index contributed by atoms with van der Waals surface area (Å²) >= 11 is 10.5.